The van der Waals surface area contributed by atoms with Crippen molar-refractivity contribution >= 4 is 45.7 Å². The number of halogens is 1. The average Bonchev–Trinajstić information content (AvgIpc) is 3.00. The molecule has 1 unspecified atom stereocenters. The summed E-state index contributed by atoms with van der Waals surface area (Å²) in [6.07, 6.45) is 0.426. The van der Waals surface area contributed by atoms with Crippen molar-refractivity contribution in [1.82, 2.24) is 0 Å². The highest BCUT2D eigenvalue weighted by Gasteiger charge is 2.22. The Balaban J connectivity index is 2.16. The standard InChI is InChI=1S/C21H20ClNO3S2/c1-4-18(24)21-19(15-7-10-17(12(2)11-15)23-28(25)26)13(3)20(27-21)14-5-8-16(22)9-6-14/h5-11,23H,4H2,1-3H3,(H,25,26). The summed E-state index contributed by atoms with van der Waals surface area (Å²) in [7, 11) is 0. The van der Waals surface area contributed by atoms with E-state index in [1.54, 1.807) is 6.07 Å². The van der Waals surface area contributed by atoms with Gasteiger partial charge in [-0.1, -0.05) is 36.7 Å². The van der Waals surface area contributed by atoms with E-state index in [9.17, 15) is 9.00 Å². The molecule has 0 saturated carbocycles. The molecule has 2 aromatic carbocycles. The summed E-state index contributed by atoms with van der Waals surface area (Å²) in [4.78, 5) is 14.4. The molecule has 0 bridgehead atoms. The first-order valence-electron chi connectivity index (χ1n) is 8.72. The van der Waals surface area contributed by atoms with Crippen molar-refractivity contribution in [2.24, 2.45) is 0 Å². The monoisotopic (exact) mass is 433 g/mol. The molecule has 4 nitrogen and oxygen atoms in total. The lowest BCUT2D eigenvalue weighted by Gasteiger charge is -2.10. The molecule has 0 amide bonds. The second-order valence-corrected chi connectivity index (χ2v) is 8.58. The zero-order chi connectivity index (χ0) is 20.4. The van der Waals surface area contributed by atoms with Gasteiger partial charge in [-0.25, -0.2) is 4.21 Å². The third kappa shape index (κ3) is 4.20. The lowest BCUT2D eigenvalue weighted by molar-refractivity contribution is 0.0992. The Kier molecular flexibility index (Phi) is 6.35. The number of hydrogen-bond donors (Lipinski definition) is 2. The fraction of sp³-hybridized carbons (Fsp3) is 0.190. The van der Waals surface area contributed by atoms with Crippen LogP contribution in [0.2, 0.25) is 5.02 Å². The van der Waals surface area contributed by atoms with E-state index in [0.717, 1.165) is 37.6 Å². The van der Waals surface area contributed by atoms with Crippen molar-refractivity contribution in [1.29, 1.82) is 0 Å². The Morgan fingerprint density at radius 2 is 1.79 bits per heavy atom. The minimum absolute atomic E-state index is 0.0969. The summed E-state index contributed by atoms with van der Waals surface area (Å²) in [5.74, 6) is 0.0969. The molecule has 1 heterocycles. The number of nitrogens with one attached hydrogen (secondary N) is 1. The highest BCUT2D eigenvalue weighted by atomic mass is 35.5. The van der Waals surface area contributed by atoms with Crippen LogP contribution in [-0.2, 0) is 11.3 Å². The van der Waals surface area contributed by atoms with Gasteiger partial charge in [-0.2, -0.15) is 0 Å². The summed E-state index contributed by atoms with van der Waals surface area (Å²) < 4.78 is 22.6. The van der Waals surface area contributed by atoms with Crippen molar-refractivity contribution in [3.8, 4) is 21.6 Å². The molecule has 7 heteroatoms. The quantitative estimate of drug-likeness (QED) is 0.344. The molecule has 0 fully saturated rings. The zero-order valence-corrected chi connectivity index (χ0v) is 18.1. The van der Waals surface area contributed by atoms with Gasteiger partial charge < -0.3 is 0 Å². The van der Waals surface area contributed by atoms with Gasteiger partial charge in [0.1, 0.15) is 0 Å². The van der Waals surface area contributed by atoms with Crippen molar-refractivity contribution in [3.63, 3.8) is 0 Å². The minimum atomic E-state index is -2.13. The van der Waals surface area contributed by atoms with Gasteiger partial charge in [0.2, 0.25) is 0 Å². The van der Waals surface area contributed by atoms with Gasteiger partial charge in [0.25, 0.3) is 11.3 Å². The van der Waals surface area contributed by atoms with E-state index in [4.69, 9.17) is 16.2 Å². The lowest BCUT2D eigenvalue weighted by atomic mass is 9.96. The molecular formula is C21H20ClNO3S2. The molecule has 146 valence electrons. The number of hydrogen-bond acceptors (Lipinski definition) is 3. The molecule has 0 radical (unpaired) electrons. The fourth-order valence-corrected chi connectivity index (χ4v) is 5.01. The summed E-state index contributed by atoms with van der Waals surface area (Å²) in [5.41, 5.74) is 5.30. The molecule has 0 aliphatic carbocycles. The Morgan fingerprint density at radius 3 is 2.36 bits per heavy atom. The van der Waals surface area contributed by atoms with E-state index in [0.29, 0.717) is 17.1 Å². The highest BCUT2D eigenvalue weighted by Crippen LogP contribution is 2.43. The van der Waals surface area contributed by atoms with Gasteiger partial charge in [-0.15, -0.1) is 11.3 Å². The number of carbonyl (C=O) groups excluding carboxylic acids is 1. The normalized spacial score (nSPS) is 12.0. The van der Waals surface area contributed by atoms with Crippen molar-refractivity contribution in [2.45, 2.75) is 27.2 Å². The third-order valence-corrected chi connectivity index (χ3v) is 6.57. The Bertz CT molecular complexity index is 1060. The van der Waals surface area contributed by atoms with Gasteiger partial charge in [0.15, 0.2) is 5.78 Å². The van der Waals surface area contributed by atoms with Crippen molar-refractivity contribution < 1.29 is 13.6 Å². The molecule has 1 aromatic heterocycles. The molecule has 28 heavy (non-hydrogen) atoms. The Labute approximate surface area is 176 Å². The largest absolute Gasteiger partial charge is 0.293 e. The number of aryl methyl sites for hydroxylation is 1. The van der Waals surface area contributed by atoms with Crippen LogP contribution in [0.25, 0.3) is 21.6 Å². The second-order valence-electron chi connectivity index (χ2n) is 6.42. The van der Waals surface area contributed by atoms with Gasteiger partial charge in [-0.3, -0.25) is 14.1 Å². The predicted octanol–water partition coefficient (Wildman–Crippen LogP) is 6.49. The van der Waals surface area contributed by atoms with E-state index in [1.807, 2.05) is 57.2 Å². The van der Waals surface area contributed by atoms with E-state index >= 15 is 0 Å². The molecule has 1 atom stereocenters. The minimum Gasteiger partial charge on any atom is -0.293 e. The van der Waals surface area contributed by atoms with E-state index in [2.05, 4.69) is 4.72 Å². The molecule has 3 aromatic rings. The number of anilines is 1. The number of thiophene rings is 1. The van der Waals surface area contributed by atoms with Gasteiger partial charge in [0, 0.05) is 21.9 Å². The highest BCUT2D eigenvalue weighted by molar-refractivity contribution is 7.80. The molecule has 0 spiro atoms. The molecular weight excluding hydrogens is 414 g/mol. The van der Waals surface area contributed by atoms with Crippen LogP contribution in [0.5, 0.6) is 0 Å². The van der Waals surface area contributed by atoms with Crippen LogP contribution < -0.4 is 4.72 Å². The average molecular weight is 434 g/mol. The van der Waals surface area contributed by atoms with Gasteiger partial charge >= 0.3 is 0 Å². The SMILES string of the molecule is CCC(=O)c1sc(-c2ccc(Cl)cc2)c(C)c1-c1ccc(NS(=O)O)c(C)c1. The smallest absolute Gasteiger partial charge is 0.259 e. The summed E-state index contributed by atoms with van der Waals surface area (Å²) >= 11 is 5.38. The molecule has 0 aliphatic heterocycles. The molecule has 0 aliphatic rings. The number of rotatable bonds is 6. The van der Waals surface area contributed by atoms with E-state index in [1.165, 1.54) is 11.3 Å². The first kappa shape index (κ1) is 20.7. The predicted molar refractivity (Wildman–Crippen MR) is 119 cm³/mol. The topological polar surface area (TPSA) is 66.4 Å². The van der Waals surface area contributed by atoms with Crippen LogP contribution in [-0.4, -0.2) is 14.5 Å². The number of ketones is 1. The van der Waals surface area contributed by atoms with Crippen LogP contribution in [0, 0.1) is 13.8 Å². The number of carbonyl (C=O) groups is 1. The van der Waals surface area contributed by atoms with E-state index in [-0.39, 0.29) is 5.78 Å². The van der Waals surface area contributed by atoms with Crippen molar-refractivity contribution in [2.75, 3.05) is 4.72 Å². The van der Waals surface area contributed by atoms with Crippen LogP contribution in [0.4, 0.5) is 5.69 Å². The summed E-state index contributed by atoms with van der Waals surface area (Å²) in [6, 6.07) is 13.2. The second kappa shape index (κ2) is 8.57. The fourth-order valence-electron chi connectivity index (χ4n) is 3.12. The summed E-state index contributed by atoms with van der Waals surface area (Å²) in [5, 5.41) is 0.669. The first-order valence-corrected chi connectivity index (χ1v) is 11.0. The van der Waals surface area contributed by atoms with Crippen LogP contribution in [0.1, 0.15) is 34.1 Å². The van der Waals surface area contributed by atoms with Gasteiger partial charge in [0.05, 0.1) is 10.6 Å². The first-order chi connectivity index (χ1) is 13.3. The Morgan fingerprint density at radius 1 is 1.14 bits per heavy atom. The molecule has 3 rings (SSSR count). The Hall–Kier alpha value is -1.99. The molecule has 2 N–H and O–H groups in total. The maximum Gasteiger partial charge on any atom is 0.259 e. The molecule has 0 saturated heterocycles. The van der Waals surface area contributed by atoms with E-state index < -0.39 is 11.3 Å². The third-order valence-electron chi connectivity index (χ3n) is 4.54. The maximum absolute atomic E-state index is 12.7. The summed E-state index contributed by atoms with van der Waals surface area (Å²) in [6.45, 7) is 5.74. The van der Waals surface area contributed by atoms with Crippen molar-refractivity contribution in [3.05, 3.63) is 63.5 Å². The number of benzene rings is 2. The van der Waals surface area contributed by atoms with Crippen LogP contribution in [0.3, 0.4) is 0 Å². The number of Topliss-reactive ketones (excluding diaryl/α,β-unsaturated/α-hetero) is 1. The lowest BCUT2D eigenvalue weighted by Crippen LogP contribution is -2.03. The van der Waals surface area contributed by atoms with Gasteiger partial charge in [-0.05, 0) is 60.4 Å². The van der Waals surface area contributed by atoms with Crippen LogP contribution in [0.15, 0.2) is 42.5 Å². The van der Waals surface area contributed by atoms with Crippen LogP contribution >= 0.6 is 22.9 Å². The zero-order valence-electron chi connectivity index (χ0n) is 15.7. The maximum atomic E-state index is 12.7.